The molecule has 1 heterocycles. The molecule has 0 aliphatic carbocycles. The van der Waals surface area contributed by atoms with Gasteiger partial charge in [0.05, 0.1) is 6.54 Å². The molecule has 1 aromatic carbocycles. The van der Waals surface area contributed by atoms with Crippen LogP contribution in [0.3, 0.4) is 0 Å². The highest BCUT2D eigenvalue weighted by Gasteiger charge is 2.30. The van der Waals surface area contributed by atoms with E-state index in [2.05, 4.69) is 27.2 Å². The molecule has 1 aliphatic rings. The predicted molar refractivity (Wildman–Crippen MR) is 70.3 cm³/mol. The summed E-state index contributed by atoms with van der Waals surface area (Å²) in [7, 11) is 0. The van der Waals surface area contributed by atoms with Gasteiger partial charge in [0.25, 0.3) is 0 Å². The molecule has 1 saturated heterocycles. The predicted octanol–water partition coefficient (Wildman–Crippen LogP) is 1.56. The Hall–Kier alpha value is -1.31. The number of nitrogens with one attached hydrogen (secondary N) is 1. The number of hydrogen-bond acceptors (Lipinski definition) is 2. The van der Waals surface area contributed by atoms with Crippen molar-refractivity contribution in [3.8, 4) is 12.3 Å². The monoisotopic (exact) mass is 292 g/mol. The molecule has 1 atom stereocenters. The van der Waals surface area contributed by atoms with E-state index in [-0.39, 0.29) is 11.9 Å². The Morgan fingerprint density at radius 1 is 1.59 bits per heavy atom. The average molecular weight is 293 g/mol. The third-order valence-corrected chi connectivity index (χ3v) is 3.26. The number of nitrogens with zero attached hydrogens (tertiary/aromatic N) is 1. The lowest BCUT2D eigenvalue weighted by molar-refractivity contribution is -0.128. The van der Waals surface area contributed by atoms with E-state index in [1.54, 1.807) is 0 Å². The highest BCUT2D eigenvalue weighted by atomic mass is 79.9. The molecule has 0 aromatic heterocycles. The first kappa shape index (κ1) is 12.2. The maximum Gasteiger partial charge on any atom is 0.242 e. The quantitative estimate of drug-likeness (QED) is 0.839. The van der Waals surface area contributed by atoms with Crippen LogP contribution in [0.5, 0.6) is 0 Å². The van der Waals surface area contributed by atoms with E-state index in [4.69, 9.17) is 6.42 Å². The molecule has 0 bridgehead atoms. The summed E-state index contributed by atoms with van der Waals surface area (Å²) in [5, 5.41) is 2.87. The topological polar surface area (TPSA) is 32.3 Å². The van der Waals surface area contributed by atoms with E-state index < -0.39 is 0 Å². The van der Waals surface area contributed by atoms with Crippen molar-refractivity contribution in [2.75, 3.05) is 19.6 Å². The van der Waals surface area contributed by atoms with Gasteiger partial charge in [-0.25, -0.2) is 0 Å². The van der Waals surface area contributed by atoms with Crippen molar-refractivity contribution in [3.63, 3.8) is 0 Å². The number of carbonyl (C=O) groups is 1. The van der Waals surface area contributed by atoms with E-state index in [1.807, 2.05) is 29.2 Å². The minimum Gasteiger partial charge on any atom is -0.353 e. The van der Waals surface area contributed by atoms with E-state index in [0.717, 1.165) is 16.6 Å². The Morgan fingerprint density at radius 3 is 3.12 bits per heavy atom. The smallest absolute Gasteiger partial charge is 0.242 e. The lowest BCUT2D eigenvalue weighted by Crippen LogP contribution is -2.49. The molecular formula is C13H13BrN2O. The van der Waals surface area contributed by atoms with Crippen LogP contribution in [-0.2, 0) is 4.79 Å². The fourth-order valence-corrected chi connectivity index (χ4v) is 2.46. The van der Waals surface area contributed by atoms with Crippen LogP contribution in [0.2, 0.25) is 0 Å². The van der Waals surface area contributed by atoms with Crippen LogP contribution in [0.15, 0.2) is 28.7 Å². The lowest BCUT2D eigenvalue weighted by Gasteiger charge is -2.33. The second-order valence-corrected chi connectivity index (χ2v) is 4.84. The molecule has 88 valence electrons. The molecule has 3 nitrogen and oxygen atoms in total. The number of halogens is 1. The standard InChI is InChI=1S/C13H13BrN2O/c1-2-7-16-8-6-15-13(17)12(16)10-4-3-5-11(14)9-10/h1,3-5,9,12H,6-8H2,(H,15,17)/t12-/m0/s1. The normalized spacial score (nSPS) is 20.7. The highest BCUT2D eigenvalue weighted by molar-refractivity contribution is 9.10. The summed E-state index contributed by atoms with van der Waals surface area (Å²) < 4.78 is 0.967. The van der Waals surface area contributed by atoms with E-state index in [9.17, 15) is 4.79 Å². The number of carbonyl (C=O) groups excluding carboxylic acids is 1. The molecule has 4 heteroatoms. The van der Waals surface area contributed by atoms with Crippen LogP contribution >= 0.6 is 15.9 Å². The summed E-state index contributed by atoms with van der Waals surface area (Å²) in [5.41, 5.74) is 0.965. The van der Waals surface area contributed by atoms with Crippen molar-refractivity contribution in [2.45, 2.75) is 6.04 Å². The van der Waals surface area contributed by atoms with Gasteiger partial charge in [0, 0.05) is 17.6 Å². The molecule has 1 aliphatic heterocycles. The van der Waals surface area contributed by atoms with Gasteiger partial charge in [0.2, 0.25) is 5.91 Å². The zero-order valence-electron chi connectivity index (χ0n) is 9.32. The Balaban J connectivity index is 2.31. The van der Waals surface area contributed by atoms with Gasteiger partial charge in [-0.2, -0.15) is 0 Å². The van der Waals surface area contributed by atoms with Gasteiger partial charge in [-0.15, -0.1) is 6.42 Å². The molecule has 1 aromatic rings. The van der Waals surface area contributed by atoms with Crippen molar-refractivity contribution in [3.05, 3.63) is 34.3 Å². The maximum absolute atomic E-state index is 12.0. The zero-order valence-corrected chi connectivity index (χ0v) is 10.9. The van der Waals surface area contributed by atoms with Crippen LogP contribution in [0.25, 0.3) is 0 Å². The minimum absolute atomic E-state index is 0.0181. The van der Waals surface area contributed by atoms with Gasteiger partial charge in [-0.05, 0) is 17.7 Å². The number of rotatable bonds is 2. The molecule has 0 saturated carbocycles. The van der Waals surface area contributed by atoms with Gasteiger partial charge in [-0.1, -0.05) is 34.0 Å². The van der Waals surface area contributed by atoms with Crippen molar-refractivity contribution in [1.82, 2.24) is 10.2 Å². The molecule has 17 heavy (non-hydrogen) atoms. The first-order chi connectivity index (χ1) is 8.22. The summed E-state index contributed by atoms with van der Waals surface area (Å²) in [6, 6.07) is 7.49. The van der Waals surface area contributed by atoms with Crippen LogP contribution in [0, 0.1) is 12.3 Å². The average Bonchev–Trinajstić information content (AvgIpc) is 2.29. The first-order valence-corrected chi connectivity index (χ1v) is 6.22. The zero-order chi connectivity index (χ0) is 12.3. The molecule has 1 amide bonds. The molecule has 0 radical (unpaired) electrons. The number of terminal acetylenes is 1. The molecule has 1 fully saturated rings. The molecular weight excluding hydrogens is 280 g/mol. The van der Waals surface area contributed by atoms with E-state index in [0.29, 0.717) is 13.1 Å². The lowest BCUT2D eigenvalue weighted by atomic mass is 10.0. The Kier molecular flexibility index (Phi) is 3.82. The Morgan fingerprint density at radius 2 is 2.41 bits per heavy atom. The molecule has 2 rings (SSSR count). The molecule has 0 unspecified atom stereocenters. The number of benzene rings is 1. The molecule has 0 spiro atoms. The summed E-state index contributed by atoms with van der Waals surface area (Å²) in [6.07, 6.45) is 5.34. The van der Waals surface area contributed by atoms with Crippen LogP contribution in [-0.4, -0.2) is 30.4 Å². The van der Waals surface area contributed by atoms with Gasteiger partial charge < -0.3 is 5.32 Å². The summed E-state index contributed by atoms with van der Waals surface area (Å²) >= 11 is 3.42. The SMILES string of the molecule is C#CCN1CCNC(=O)[C@@H]1c1cccc(Br)c1. The fourth-order valence-electron chi connectivity index (χ4n) is 2.04. The first-order valence-electron chi connectivity index (χ1n) is 5.43. The Labute approximate surface area is 109 Å². The van der Waals surface area contributed by atoms with Crippen molar-refractivity contribution in [2.24, 2.45) is 0 Å². The van der Waals surface area contributed by atoms with E-state index in [1.165, 1.54) is 0 Å². The summed E-state index contributed by atoms with van der Waals surface area (Å²) in [6.45, 7) is 1.93. The fraction of sp³-hybridized carbons (Fsp3) is 0.308. The van der Waals surface area contributed by atoms with Crippen LogP contribution in [0.4, 0.5) is 0 Å². The van der Waals surface area contributed by atoms with Crippen molar-refractivity contribution in [1.29, 1.82) is 0 Å². The van der Waals surface area contributed by atoms with Gasteiger partial charge in [0.1, 0.15) is 6.04 Å². The van der Waals surface area contributed by atoms with Crippen molar-refractivity contribution >= 4 is 21.8 Å². The van der Waals surface area contributed by atoms with E-state index >= 15 is 0 Å². The third kappa shape index (κ3) is 2.68. The largest absolute Gasteiger partial charge is 0.353 e. The third-order valence-electron chi connectivity index (χ3n) is 2.77. The Bertz CT molecular complexity index is 467. The highest BCUT2D eigenvalue weighted by Crippen LogP contribution is 2.25. The van der Waals surface area contributed by atoms with Gasteiger partial charge >= 0.3 is 0 Å². The second-order valence-electron chi connectivity index (χ2n) is 3.92. The number of hydrogen-bond donors (Lipinski definition) is 1. The van der Waals surface area contributed by atoms with Crippen LogP contribution in [0.1, 0.15) is 11.6 Å². The maximum atomic E-state index is 12.0. The second kappa shape index (κ2) is 5.35. The summed E-state index contributed by atoms with van der Waals surface area (Å²) in [5.74, 6) is 2.62. The van der Waals surface area contributed by atoms with Gasteiger partial charge in [-0.3, -0.25) is 9.69 Å². The van der Waals surface area contributed by atoms with Gasteiger partial charge in [0.15, 0.2) is 0 Å². The minimum atomic E-state index is -0.280. The van der Waals surface area contributed by atoms with Crippen molar-refractivity contribution < 1.29 is 4.79 Å². The number of piperazine rings is 1. The molecule has 1 N–H and O–H groups in total. The summed E-state index contributed by atoms with van der Waals surface area (Å²) in [4.78, 5) is 14.0. The number of amides is 1. The van der Waals surface area contributed by atoms with Crippen LogP contribution < -0.4 is 5.32 Å².